The Kier molecular flexibility index (Phi) is 5.41. The molecule has 0 fully saturated rings. The van der Waals surface area contributed by atoms with Crippen LogP contribution in [0.1, 0.15) is 37.0 Å². The van der Waals surface area contributed by atoms with E-state index >= 15 is 0 Å². The summed E-state index contributed by atoms with van der Waals surface area (Å²) in [5.41, 5.74) is 1.62. The Labute approximate surface area is 152 Å². The lowest BCUT2D eigenvalue weighted by Crippen LogP contribution is -2.34. The molecule has 0 saturated carbocycles. The number of hydrogen-bond acceptors (Lipinski definition) is 4. The highest BCUT2D eigenvalue weighted by molar-refractivity contribution is 6.05. The molecule has 0 aromatic heterocycles. The summed E-state index contributed by atoms with van der Waals surface area (Å²) in [4.78, 5) is 24.2. The van der Waals surface area contributed by atoms with Gasteiger partial charge in [-0.1, -0.05) is 19.4 Å². The molecule has 2 amide bonds. The van der Waals surface area contributed by atoms with E-state index in [0.717, 1.165) is 12.8 Å². The summed E-state index contributed by atoms with van der Waals surface area (Å²) in [6.45, 7) is 4.41. The van der Waals surface area contributed by atoms with Crippen LogP contribution < -0.4 is 20.1 Å². The van der Waals surface area contributed by atoms with Crippen LogP contribution >= 0.6 is 0 Å². The monoisotopic (exact) mass is 354 g/mol. The van der Waals surface area contributed by atoms with Crippen LogP contribution in [-0.4, -0.2) is 24.5 Å². The number of amides is 2. The minimum Gasteiger partial charge on any atom is -0.494 e. The maximum atomic E-state index is 12.5. The molecule has 26 heavy (non-hydrogen) atoms. The highest BCUT2D eigenvalue weighted by Gasteiger charge is 2.23. The fourth-order valence-electron chi connectivity index (χ4n) is 2.55. The molecule has 0 radical (unpaired) electrons. The lowest BCUT2D eigenvalue weighted by atomic mass is 10.1. The molecule has 0 unspecified atom stereocenters. The molecule has 1 atom stereocenters. The number of nitrogens with one attached hydrogen (secondary N) is 2. The summed E-state index contributed by atoms with van der Waals surface area (Å²) in [6, 6.07) is 12.2. The molecular weight excluding hydrogens is 332 g/mol. The number of fused-ring (bicyclic) bond motifs is 1. The van der Waals surface area contributed by atoms with Crippen LogP contribution in [0.5, 0.6) is 11.5 Å². The molecule has 0 spiro atoms. The van der Waals surface area contributed by atoms with E-state index < -0.39 is 6.10 Å². The molecule has 136 valence electrons. The first-order valence-electron chi connectivity index (χ1n) is 8.72. The second kappa shape index (κ2) is 7.91. The smallest absolute Gasteiger partial charge is 0.265 e. The van der Waals surface area contributed by atoms with Crippen molar-refractivity contribution < 1.29 is 19.1 Å². The molecule has 2 N–H and O–H groups in total. The topological polar surface area (TPSA) is 76.7 Å². The fraction of sp³-hybridized carbons (Fsp3) is 0.300. The molecule has 6 heteroatoms. The van der Waals surface area contributed by atoms with Gasteiger partial charge in [0.25, 0.3) is 11.8 Å². The van der Waals surface area contributed by atoms with Crippen LogP contribution in [0.2, 0.25) is 0 Å². The van der Waals surface area contributed by atoms with Gasteiger partial charge < -0.3 is 20.1 Å². The number of unbranched alkanes of at least 4 members (excludes halogenated alkanes) is 1. The summed E-state index contributed by atoms with van der Waals surface area (Å²) >= 11 is 0. The Balaban J connectivity index is 1.69. The van der Waals surface area contributed by atoms with E-state index in [0.29, 0.717) is 35.0 Å². The maximum absolute atomic E-state index is 12.5. The summed E-state index contributed by atoms with van der Waals surface area (Å²) in [5.74, 6) is 0.799. The second-order valence-corrected chi connectivity index (χ2v) is 6.14. The number of benzene rings is 2. The van der Waals surface area contributed by atoms with Crippen molar-refractivity contribution >= 4 is 23.2 Å². The molecule has 1 aliphatic heterocycles. The minimum atomic E-state index is -0.529. The third-order valence-electron chi connectivity index (χ3n) is 4.03. The fourth-order valence-corrected chi connectivity index (χ4v) is 2.55. The number of anilines is 2. The quantitative estimate of drug-likeness (QED) is 0.773. The molecule has 2 aromatic rings. The van der Waals surface area contributed by atoms with Crippen molar-refractivity contribution in [3.05, 3.63) is 48.0 Å². The van der Waals surface area contributed by atoms with Gasteiger partial charge in [0.2, 0.25) is 0 Å². The van der Waals surface area contributed by atoms with E-state index in [9.17, 15) is 9.59 Å². The number of ether oxygens (including phenoxy) is 2. The van der Waals surface area contributed by atoms with Crippen molar-refractivity contribution in [2.45, 2.75) is 32.8 Å². The lowest BCUT2D eigenvalue weighted by Gasteiger charge is -2.23. The van der Waals surface area contributed by atoms with E-state index in [-0.39, 0.29) is 11.8 Å². The van der Waals surface area contributed by atoms with Gasteiger partial charge in [-0.25, -0.2) is 0 Å². The average molecular weight is 354 g/mol. The van der Waals surface area contributed by atoms with Gasteiger partial charge in [-0.15, -0.1) is 0 Å². The van der Waals surface area contributed by atoms with Crippen molar-refractivity contribution in [1.29, 1.82) is 0 Å². The Morgan fingerprint density at radius 1 is 1.27 bits per heavy atom. The summed E-state index contributed by atoms with van der Waals surface area (Å²) < 4.78 is 11.1. The van der Waals surface area contributed by atoms with Gasteiger partial charge in [-0.2, -0.15) is 0 Å². The standard InChI is InChI=1S/C20H22N2O4/c1-3-4-10-25-16-7-5-6-14(11-16)20(24)21-15-8-9-18-17(12-15)22-19(23)13(2)26-18/h5-9,11-13H,3-4,10H2,1-2H3,(H,21,24)(H,22,23)/t13-/m1/s1. The van der Waals surface area contributed by atoms with Crippen LogP contribution in [0.15, 0.2) is 42.5 Å². The first-order valence-corrected chi connectivity index (χ1v) is 8.72. The zero-order valence-corrected chi connectivity index (χ0v) is 14.9. The van der Waals surface area contributed by atoms with Crippen molar-refractivity contribution in [3.63, 3.8) is 0 Å². The molecule has 0 bridgehead atoms. The number of carbonyl (C=O) groups excluding carboxylic acids is 2. The Hall–Kier alpha value is -3.02. The second-order valence-electron chi connectivity index (χ2n) is 6.14. The largest absolute Gasteiger partial charge is 0.494 e. The van der Waals surface area contributed by atoms with E-state index in [2.05, 4.69) is 17.6 Å². The zero-order valence-electron chi connectivity index (χ0n) is 14.9. The number of carbonyl (C=O) groups is 2. The Bertz CT molecular complexity index is 819. The average Bonchev–Trinajstić information content (AvgIpc) is 2.63. The molecule has 3 rings (SSSR count). The van der Waals surface area contributed by atoms with E-state index in [1.807, 2.05) is 6.07 Å². The van der Waals surface area contributed by atoms with Crippen molar-refractivity contribution in [1.82, 2.24) is 0 Å². The summed E-state index contributed by atoms with van der Waals surface area (Å²) in [6.07, 6.45) is 1.49. The van der Waals surface area contributed by atoms with Gasteiger partial charge in [-0.3, -0.25) is 9.59 Å². The predicted octanol–water partition coefficient (Wildman–Crippen LogP) is 3.84. The minimum absolute atomic E-state index is 0.210. The molecule has 0 saturated heterocycles. The van der Waals surface area contributed by atoms with Crippen molar-refractivity contribution in [2.75, 3.05) is 17.2 Å². The van der Waals surface area contributed by atoms with Crippen LogP contribution in [0, 0.1) is 0 Å². The molecule has 1 aliphatic rings. The first-order chi connectivity index (χ1) is 12.6. The van der Waals surface area contributed by atoms with Crippen molar-refractivity contribution in [2.24, 2.45) is 0 Å². The summed E-state index contributed by atoms with van der Waals surface area (Å²) in [7, 11) is 0. The first kappa shape index (κ1) is 17.8. The molecule has 2 aromatic carbocycles. The zero-order chi connectivity index (χ0) is 18.5. The maximum Gasteiger partial charge on any atom is 0.265 e. The summed E-state index contributed by atoms with van der Waals surface area (Å²) in [5, 5.41) is 5.59. The third-order valence-corrected chi connectivity index (χ3v) is 4.03. The van der Waals surface area contributed by atoms with E-state index in [4.69, 9.17) is 9.47 Å². The van der Waals surface area contributed by atoms with Crippen LogP contribution in [-0.2, 0) is 4.79 Å². The predicted molar refractivity (Wildman–Crippen MR) is 100.0 cm³/mol. The third kappa shape index (κ3) is 4.14. The van der Waals surface area contributed by atoms with Gasteiger partial charge in [-0.05, 0) is 49.7 Å². The van der Waals surface area contributed by atoms with Crippen LogP contribution in [0.3, 0.4) is 0 Å². The van der Waals surface area contributed by atoms with Gasteiger partial charge in [0.15, 0.2) is 6.10 Å². The van der Waals surface area contributed by atoms with Gasteiger partial charge in [0.1, 0.15) is 11.5 Å². The normalized spacial score (nSPS) is 15.5. The van der Waals surface area contributed by atoms with Gasteiger partial charge in [0.05, 0.1) is 12.3 Å². The highest BCUT2D eigenvalue weighted by Crippen LogP contribution is 2.32. The van der Waals surface area contributed by atoms with E-state index in [1.165, 1.54) is 0 Å². The lowest BCUT2D eigenvalue weighted by molar-refractivity contribution is -0.122. The highest BCUT2D eigenvalue weighted by atomic mass is 16.5. The molecule has 6 nitrogen and oxygen atoms in total. The van der Waals surface area contributed by atoms with Crippen LogP contribution in [0.4, 0.5) is 11.4 Å². The number of rotatable bonds is 6. The molecule has 0 aliphatic carbocycles. The number of hydrogen-bond donors (Lipinski definition) is 2. The van der Waals surface area contributed by atoms with Crippen LogP contribution in [0.25, 0.3) is 0 Å². The van der Waals surface area contributed by atoms with Gasteiger partial charge >= 0.3 is 0 Å². The van der Waals surface area contributed by atoms with Gasteiger partial charge in [0, 0.05) is 11.3 Å². The SMILES string of the molecule is CCCCOc1cccc(C(=O)Nc2ccc3c(c2)NC(=O)[C@@H](C)O3)c1. The molecular formula is C20H22N2O4. The molecule has 1 heterocycles. The Morgan fingerprint density at radius 3 is 2.92 bits per heavy atom. The van der Waals surface area contributed by atoms with E-state index in [1.54, 1.807) is 43.3 Å². The Morgan fingerprint density at radius 2 is 2.12 bits per heavy atom. The van der Waals surface area contributed by atoms with Crippen molar-refractivity contribution in [3.8, 4) is 11.5 Å².